The number of carboxylic acid groups (broad SMARTS) is 1. The van der Waals surface area contributed by atoms with E-state index in [0.29, 0.717) is 0 Å². The zero-order chi connectivity index (χ0) is 9.14. The quantitative estimate of drug-likeness (QED) is 0.430. The Labute approximate surface area is 85.2 Å². The SMILES string of the molecule is N#Cc1cc(C(=O)[O-])c[nH]c1=O.[Li+]. The van der Waals surface area contributed by atoms with Gasteiger partial charge in [-0.3, -0.25) is 4.79 Å². The van der Waals surface area contributed by atoms with Gasteiger partial charge in [-0.2, -0.15) is 5.26 Å². The molecule has 0 aromatic carbocycles. The van der Waals surface area contributed by atoms with Gasteiger partial charge in [-0.05, 0) is 6.07 Å². The van der Waals surface area contributed by atoms with E-state index >= 15 is 0 Å². The maximum Gasteiger partial charge on any atom is 1.00 e. The fourth-order valence-corrected chi connectivity index (χ4v) is 0.685. The van der Waals surface area contributed by atoms with Gasteiger partial charge in [-0.1, -0.05) is 0 Å². The summed E-state index contributed by atoms with van der Waals surface area (Å²) in [5.74, 6) is -1.43. The van der Waals surface area contributed by atoms with Gasteiger partial charge in [0.05, 0.1) is 5.97 Å². The predicted molar refractivity (Wildman–Crippen MR) is 36.1 cm³/mol. The molecule has 1 N–H and O–H groups in total. The molecule has 0 spiro atoms. The maximum absolute atomic E-state index is 10.7. The van der Waals surface area contributed by atoms with Crippen LogP contribution >= 0.6 is 0 Å². The van der Waals surface area contributed by atoms with Crippen LogP contribution in [-0.4, -0.2) is 11.0 Å². The van der Waals surface area contributed by atoms with Crippen molar-refractivity contribution in [3.8, 4) is 6.07 Å². The van der Waals surface area contributed by atoms with Crippen molar-refractivity contribution in [3.63, 3.8) is 0 Å². The minimum Gasteiger partial charge on any atom is -0.545 e. The summed E-state index contributed by atoms with van der Waals surface area (Å²) in [6.07, 6.45) is 0.985. The van der Waals surface area contributed by atoms with Crippen molar-refractivity contribution in [2.24, 2.45) is 0 Å². The van der Waals surface area contributed by atoms with Gasteiger partial charge >= 0.3 is 18.9 Å². The number of carbonyl (C=O) groups is 1. The smallest absolute Gasteiger partial charge is 0.545 e. The Hall–Kier alpha value is -1.49. The summed E-state index contributed by atoms with van der Waals surface area (Å²) in [4.78, 5) is 23.1. The van der Waals surface area contributed by atoms with Crippen LogP contribution in [0.1, 0.15) is 15.9 Å². The van der Waals surface area contributed by atoms with Crippen LogP contribution in [0.15, 0.2) is 17.1 Å². The molecule has 5 nitrogen and oxygen atoms in total. The van der Waals surface area contributed by atoms with Crippen LogP contribution in [0.25, 0.3) is 0 Å². The number of aromatic nitrogens is 1. The van der Waals surface area contributed by atoms with E-state index in [9.17, 15) is 14.7 Å². The Morgan fingerprint density at radius 1 is 1.62 bits per heavy atom. The monoisotopic (exact) mass is 170 g/mol. The Morgan fingerprint density at radius 3 is 2.69 bits per heavy atom. The number of carboxylic acids is 1. The number of hydrogen-bond donors (Lipinski definition) is 1. The zero-order valence-electron chi connectivity index (χ0n) is 6.83. The van der Waals surface area contributed by atoms with Gasteiger partial charge < -0.3 is 14.9 Å². The Bertz CT molecular complexity index is 418. The summed E-state index contributed by atoms with van der Waals surface area (Å²) in [5.41, 5.74) is -1.06. The van der Waals surface area contributed by atoms with E-state index in [0.717, 1.165) is 12.3 Å². The molecule has 60 valence electrons. The number of H-pyrrole nitrogens is 1. The molecule has 1 rings (SSSR count). The largest absolute Gasteiger partial charge is 1.00 e. The standard InChI is InChI=1S/C7H4N2O3.Li/c8-2-4-1-5(7(11)12)3-9-6(4)10;/h1,3H,(H,9,10)(H,11,12);/q;+1/p-1. The molecule has 13 heavy (non-hydrogen) atoms. The van der Waals surface area contributed by atoms with Gasteiger partial charge in [0.2, 0.25) is 0 Å². The summed E-state index contributed by atoms with van der Waals surface area (Å²) >= 11 is 0. The van der Waals surface area contributed by atoms with Gasteiger partial charge in [-0.15, -0.1) is 0 Å². The Balaban J connectivity index is 0.00000144. The number of nitrogens with zero attached hydrogens (tertiary/aromatic N) is 1. The number of aromatic carboxylic acids is 1. The maximum atomic E-state index is 10.7. The van der Waals surface area contributed by atoms with Gasteiger partial charge in [-0.25, -0.2) is 0 Å². The summed E-state index contributed by atoms with van der Waals surface area (Å²) in [5, 5.41) is 18.6. The fraction of sp³-hybridized carbons (Fsp3) is 0. The normalized spacial score (nSPS) is 8.23. The Morgan fingerprint density at radius 2 is 2.23 bits per heavy atom. The molecule has 1 aromatic heterocycles. The van der Waals surface area contributed by atoms with Gasteiger partial charge in [0.15, 0.2) is 0 Å². The molecular weight excluding hydrogens is 167 g/mol. The number of pyridine rings is 1. The molecule has 0 unspecified atom stereocenters. The third kappa shape index (κ3) is 2.48. The van der Waals surface area contributed by atoms with Gasteiger partial charge in [0, 0.05) is 11.8 Å². The second-order valence-corrected chi connectivity index (χ2v) is 2.03. The number of hydrogen-bond acceptors (Lipinski definition) is 4. The molecule has 0 aliphatic rings. The molecule has 0 amide bonds. The minimum atomic E-state index is -1.43. The molecule has 0 aliphatic carbocycles. The number of nitriles is 1. The summed E-state index contributed by atoms with van der Waals surface area (Å²) < 4.78 is 0. The minimum absolute atomic E-state index is 0. The van der Waals surface area contributed by atoms with Crippen LogP contribution in [0, 0.1) is 11.3 Å². The average molecular weight is 170 g/mol. The number of carbonyl (C=O) groups excluding carboxylic acids is 1. The van der Waals surface area contributed by atoms with E-state index in [4.69, 9.17) is 5.26 Å². The van der Waals surface area contributed by atoms with Crippen molar-refractivity contribution in [3.05, 3.63) is 33.7 Å². The van der Waals surface area contributed by atoms with Gasteiger partial charge in [0.25, 0.3) is 5.56 Å². The summed E-state index contributed by atoms with van der Waals surface area (Å²) in [7, 11) is 0. The van der Waals surface area contributed by atoms with Crippen LogP contribution in [-0.2, 0) is 0 Å². The fourth-order valence-electron chi connectivity index (χ4n) is 0.685. The molecule has 0 bridgehead atoms. The zero-order valence-corrected chi connectivity index (χ0v) is 6.83. The molecule has 0 fully saturated rings. The average Bonchev–Trinajstić information content (AvgIpc) is 2.05. The number of aromatic amines is 1. The first-order valence-corrected chi connectivity index (χ1v) is 2.99. The van der Waals surface area contributed by atoms with Crippen molar-refractivity contribution in [1.82, 2.24) is 4.98 Å². The first-order valence-electron chi connectivity index (χ1n) is 2.99. The number of rotatable bonds is 1. The van der Waals surface area contributed by atoms with Crippen LogP contribution in [0.3, 0.4) is 0 Å². The van der Waals surface area contributed by atoms with E-state index in [2.05, 4.69) is 4.98 Å². The number of nitrogens with one attached hydrogen (secondary N) is 1. The summed E-state index contributed by atoms with van der Waals surface area (Å²) in [6, 6.07) is 2.52. The first kappa shape index (κ1) is 11.5. The van der Waals surface area contributed by atoms with Crippen LogP contribution in [0.5, 0.6) is 0 Å². The molecular formula is C7H3LiN2O3. The summed E-state index contributed by atoms with van der Waals surface area (Å²) in [6.45, 7) is 0. The molecule has 0 saturated heterocycles. The van der Waals surface area contributed by atoms with Crippen molar-refractivity contribution >= 4 is 5.97 Å². The second-order valence-electron chi connectivity index (χ2n) is 2.03. The van der Waals surface area contributed by atoms with Crippen molar-refractivity contribution < 1.29 is 28.8 Å². The molecule has 1 heterocycles. The predicted octanol–water partition coefficient (Wildman–Crippen LogP) is -4.39. The molecule has 0 radical (unpaired) electrons. The van der Waals surface area contributed by atoms with Crippen molar-refractivity contribution in [2.45, 2.75) is 0 Å². The third-order valence-electron chi connectivity index (χ3n) is 1.26. The van der Waals surface area contributed by atoms with Crippen LogP contribution in [0.2, 0.25) is 0 Å². The molecule has 0 atom stereocenters. The van der Waals surface area contributed by atoms with E-state index in [1.807, 2.05) is 0 Å². The first-order chi connectivity index (χ1) is 5.65. The van der Waals surface area contributed by atoms with Gasteiger partial charge in [0.1, 0.15) is 11.6 Å². The second kappa shape index (κ2) is 4.51. The van der Waals surface area contributed by atoms with E-state index < -0.39 is 11.5 Å². The third-order valence-corrected chi connectivity index (χ3v) is 1.26. The van der Waals surface area contributed by atoms with Crippen LogP contribution in [0.4, 0.5) is 0 Å². The van der Waals surface area contributed by atoms with Crippen molar-refractivity contribution in [2.75, 3.05) is 0 Å². The van der Waals surface area contributed by atoms with Crippen molar-refractivity contribution in [1.29, 1.82) is 5.26 Å². The molecule has 0 saturated carbocycles. The van der Waals surface area contributed by atoms with E-state index in [-0.39, 0.29) is 30.0 Å². The van der Waals surface area contributed by atoms with E-state index in [1.165, 1.54) is 0 Å². The molecule has 1 aromatic rings. The van der Waals surface area contributed by atoms with Crippen LogP contribution < -0.4 is 29.5 Å². The van der Waals surface area contributed by atoms with E-state index in [1.54, 1.807) is 6.07 Å². The molecule has 0 aliphatic heterocycles. The topological polar surface area (TPSA) is 96.8 Å². The Kier molecular flexibility index (Phi) is 3.99. The molecule has 6 heteroatoms.